The number of aryl methyl sites for hydroxylation is 1. The van der Waals surface area contributed by atoms with Gasteiger partial charge in [0.2, 0.25) is 17.7 Å². The van der Waals surface area contributed by atoms with Crippen molar-refractivity contribution in [2.45, 2.75) is 183 Å². The van der Waals surface area contributed by atoms with E-state index in [2.05, 4.69) is 61.5 Å². The number of anilines is 1. The molecule has 4 heterocycles. The number of thioether (sulfide) groups is 1. The number of aliphatic hydroxyl groups excluding tert-OH is 1. The van der Waals surface area contributed by atoms with Crippen LogP contribution in [0.1, 0.15) is 170 Å². The third kappa shape index (κ3) is 23.2. The molecule has 0 bridgehead atoms. The van der Waals surface area contributed by atoms with E-state index in [4.69, 9.17) is 16.3 Å². The van der Waals surface area contributed by atoms with Crippen LogP contribution < -0.4 is 15.5 Å². The zero-order chi connectivity index (χ0) is 75.8. The van der Waals surface area contributed by atoms with Crippen molar-refractivity contribution in [3.8, 4) is 10.4 Å². The number of nitrogens with zero attached hydrogens (tertiary/aromatic N) is 5. The Kier molecular flexibility index (Phi) is 29.1. The first kappa shape index (κ1) is 81.9. The molecule has 3 amide bonds. The van der Waals surface area contributed by atoms with E-state index in [0.717, 1.165) is 161 Å². The second-order valence-electron chi connectivity index (χ2n) is 31.1. The maximum Gasteiger partial charge on any atom is 0.246 e. The monoisotopic (exact) mass is 1540 g/mol. The summed E-state index contributed by atoms with van der Waals surface area (Å²) in [5.74, 6) is -1.19. The van der Waals surface area contributed by atoms with Crippen molar-refractivity contribution in [2.24, 2.45) is 16.7 Å². The fourth-order valence-electron chi connectivity index (χ4n) is 15.2. The number of allylic oxidation sites excluding steroid dienone is 1. The number of rotatable bonds is 35. The summed E-state index contributed by atoms with van der Waals surface area (Å²) in [6.45, 7) is 19.7. The van der Waals surface area contributed by atoms with Gasteiger partial charge in [0.25, 0.3) is 0 Å². The number of Topliss-reactive ketones (excluding diaryl/α,β-unsaturated/α-hetero) is 2. The van der Waals surface area contributed by atoms with E-state index in [-0.39, 0.29) is 75.6 Å². The summed E-state index contributed by atoms with van der Waals surface area (Å²) in [4.78, 5) is 83.7. The van der Waals surface area contributed by atoms with Crippen molar-refractivity contribution in [3.63, 3.8) is 0 Å². The molecule has 572 valence electrons. The summed E-state index contributed by atoms with van der Waals surface area (Å²) < 4.78 is 60.3. The van der Waals surface area contributed by atoms with Crippen molar-refractivity contribution in [1.29, 1.82) is 0 Å². The molecule has 3 aliphatic heterocycles. The predicted octanol–water partition coefficient (Wildman–Crippen LogP) is 14.1. The quantitative estimate of drug-likeness (QED) is 0.0191. The Hall–Kier alpha value is -6.60. The number of piperazine rings is 1. The van der Waals surface area contributed by atoms with Gasteiger partial charge in [-0.05, 0) is 177 Å². The number of thiazole rings is 1. The number of benzene rings is 5. The first-order valence-electron chi connectivity index (χ1n) is 37.8. The zero-order valence-electron chi connectivity index (χ0n) is 62.8. The fraction of sp³-hybridized carbons (Fsp3) is 0.518. The Labute approximate surface area is 642 Å². The second-order valence-corrected chi connectivity index (χ2v) is 37.4. The average Bonchev–Trinajstić information content (AvgIpc) is 1.18. The number of β-amino-alcohol motifs (C(OH)–C–C–N with tert-alkyl or cyclic N) is 1. The van der Waals surface area contributed by atoms with Crippen molar-refractivity contribution in [3.05, 3.63) is 165 Å². The number of morpholine rings is 1. The molecule has 0 radical (unpaired) electrons. The normalized spacial score (nSPS) is 19.4. The van der Waals surface area contributed by atoms with Crippen LogP contribution in [0.2, 0.25) is 5.02 Å². The molecule has 5 aromatic carbocycles. The molecule has 6 aromatic rings. The van der Waals surface area contributed by atoms with Crippen molar-refractivity contribution in [1.82, 2.24) is 30.3 Å². The van der Waals surface area contributed by atoms with Crippen molar-refractivity contribution in [2.75, 3.05) is 94.8 Å². The molecule has 1 aliphatic carbocycles. The van der Waals surface area contributed by atoms with Crippen LogP contribution in [-0.4, -0.2) is 179 Å². The minimum atomic E-state index is -4.22. The topological polar surface area (TPSA) is 233 Å². The number of aromatic nitrogens is 1. The number of unbranched alkanes of at least 4 members (excludes halogenated alkanes) is 5. The van der Waals surface area contributed by atoms with Crippen LogP contribution in [-0.2, 0) is 50.0 Å². The number of sulfone groups is 2. The van der Waals surface area contributed by atoms with Gasteiger partial charge in [-0.15, -0.1) is 23.1 Å². The number of likely N-dealkylation sites (tertiary alicyclic amines) is 1. The number of halogens is 1. The highest BCUT2D eigenvalue weighted by atomic mass is 35.5. The molecule has 10 rings (SSSR count). The fourth-order valence-corrected chi connectivity index (χ4v) is 19.5. The second kappa shape index (κ2) is 37.7. The number of carbonyl (C=O) groups is 5. The number of hydrogen-bond donors (Lipinski definition) is 3. The van der Waals surface area contributed by atoms with Gasteiger partial charge in [-0.2, -0.15) is 0 Å². The molecule has 3 saturated heterocycles. The van der Waals surface area contributed by atoms with E-state index >= 15 is 0 Å². The van der Waals surface area contributed by atoms with E-state index in [1.54, 1.807) is 41.3 Å². The van der Waals surface area contributed by atoms with Crippen LogP contribution in [0.4, 0.5) is 5.69 Å². The molecule has 0 spiro atoms. The first-order chi connectivity index (χ1) is 50.6. The summed E-state index contributed by atoms with van der Waals surface area (Å²) in [7, 11) is -8.07. The Balaban J connectivity index is 0.645. The molecule has 23 heteroatoms. The van der Waals surface area contributed by atoms with Crippen LogP contribution in [0.5, 0.6) is 0 Å². The molecule has 1 aromatic heterocycles. The van der Waals surface area contributed by atoms with Crippen LogP contribution >= 0.6 is 34.7 Å². The minimum Gasteiger partial charge on any atom is -0.391 e. The number of ketones is 2. The SMILES string of the molecule is Cc1ncsc1-c1ccc([C@H](C)NC(=O)[C@@H]2C[C@@H](O)CN2C(=O)[C@@H](NC(=O)CCCCCCCCC(=O)CC[C@]2(C)CCC(c3ccc(Cl)cc3)=C(CN3CCN(c4ccc(C(=O)CS(=O)(=O)c5ccc(C[C@H](CCN6CCOCC6)CSc6ccccc6)c(S(C)(=O)=O)c5)cc4)CC3)C2)C(C)(C)C)cc1. The van der Waals surface area contributed by atoms with Gasteiger partial charge < -0.3 is 30.3 Å². The van der Waals surface area contributed by atoms with Crippen LogP contribution in [0.25, 0.3) is 16.0 Å². The molecule has 6 atom stereocenters. The van der Waals surface area contributed by atoms with Gasteiger partial charge in [0, 0.05) is 111 Å². The van der Waals surface area contributed by atoms with Crippen LogP contribution in [0.15, 0.2) is 147 Å². The highest BCUT2D eigenvalue weighted by molar-refractivity contribution is 7.99. The Bertz CT molecular complexity index is 4230. The molecular weight excluding hydrogens is 1430 g/mol. The minimum absolute atomic E-state index is 0.00149. The zero-order valence-corrected chi connectivity index (χ0v) is 66.8. The van der Waals surface area contributed by atoms with Gasteiger partial charge in [0.1, 0.15) is 23.6 Å². The summed E-state index contributed by atoms with van der Waals surface area (Å²) in [5, 5.41) is 17.5. The summed E-state index contributed by atoms with van der Waals surface area (Å²) in [6.07, 6.45) is 11.7. The van der Waals surface area contributed by atoms with Crippen LogP contribution in [0, 0.1) is 23.7 Å². The number of aliphatic hydroxyl groups is 1. The standard InChI is InChI=1S/C83H108ClN7O11S4/c1-58(61-21-23-64(24-22-61)78-59(2)85-57-104-78)86-80(96)74-50-70(93)54-91(74)81(97)79(82(3,4)5)87-77(95)20-16-11-9-8-10-13-17-69(92)35-38-83(6)39-36-73(62-25-30-67(84)31-26-62)66(52-83)53-89-41-43-90(44-42-89)68-32-27-63(28-33-68)75(94)56-106(100,101)72-34-29-65(76(51-72)105(7,98)99)49-60(37-40-88-45-47-102-48-46-88)55-103-71-18-14-12-15-19-71/h12,14-15,18-19,21-34,51,57-58,60,70,74,79,93H,8-11,13,16-17,20,35-50,52-56H2,1-7H3,(H,86,96)(H,87,95)/t58-,60-,70+,74-,79+,83+/m0/s1. The third-order valence-corrected chi connectivity index (χ3v) is 26.8. The number of amides is 3. The van der Waals surface area contributed by atoms with Crippen LogP contribution in [0.3, 0.4) is 0 Å². The molecule has 3 N–H and O–H groups in total. The van der Waals surface area contributed by atoms with Gasteiger partial charge >= 0.3 is 0 Å². The van der Waals surface area contributed by atoms with E-state index in [0.29, 0.717) is 49.5 Å². The van der Waals surface area contributed by atoms with Gasteiger partial charge in [-0.3, -0.25) is 33.8 Å². The summed E-state index contributed by atoms with van der Waals surface area (Å²) in [5.41, 5.74) is 9.70. The van der Waals surface area contributed by atoms with Crippen molar-refractivity contribution < 1.29 is 50.7 Å². The van der Waals surface area contributed by atoms with E-state index in [1.165, 1.54) is 33.7 Å². The Morgan fingerprint density at radius 1 is 0.792 bits per heavy atom. The lowest BCUT2D eigenvalue weighted by Gasteiger charge is -2.41. The van der Waals surface area contributed by atoms with Gasteiger partial charge in [-0.25, -0.2) is 21.8 Å². The molecule has 0 saturated carbocycles. The smallest absolute Gasteiger partial charge is 0.246 e. The number of nitrogens with one attached hydrogen (secondary N) is 2. The maximum atomic E-state index is 14.3. The number of ether oxygens (including phenoxy) is 1. The molecule has 0 unspecified atom stereocenters. The van der Waals surface area contributed by atoms with E-state index in [1.807, 2.05) is 107 Å². The Morgan fingerprint density at radius 3 is 2.12 bits per heavy atom. The average molecular weight is 1540 g/mol. The molecule has 106 heavy (non-hydrogen) atoms. The highest BCUT2D eigenvalue weighted by Gasteiger charge is 2.45. The van der Waals surface area contributed by atoms with E-state index in [9.17, 15) is 45.9 Å². The molecule has 3 fully saturated rings. The van der Waals surface area contributed by atoms with Gasteiger partial charge in [-0.1, -0.05) is 131 Å². The highest BCUT2D eigenvalue weighted by Crippen LogP contribution is 2.46. The molecule has 4 aliphatic rings. The van der Waals surface area contributed by atoms with E-state index < -0.39 is 54.8 Å². The Morgan fingerprint density at radius 2 is 1.46 bits per heavy atom. The number of hydrogen-bond acceptors (Lipinski definition) is 17. The lowest BCUT2D eigenvalue weighted by Crippen LogP contribution is -2.57. The van der Waals surface area contributed by atoms with Gasteiger partial charge in [0.15, 0.2) is 25.5 Å². The maximum absolute atomic E-state index is 14.3. The third-order valence-electron chi connectivity index (χ3n) is 21.6. The first-order valence-corrected chi connectivity index (χ1v) is 43.6. The summed E-state index contributed by atoms with van der Waals surface area (Å²) in [6, 6.07) is 35.4. The summed E-state index contributed by atoms with van der Waals surface area (Å²) >= 11 is 9.69. The number of carbonyl (C=O) groups excluding carboxylic acids is 5. The van der Waals surface area contributed by atoms with Crippen molar-refractivity contribution >= 4 is 94.9 Å². The molecule has 18 nitrogen and oxygen atoms in total. The van der Waals surface area contributed by atoms with Gasteiger partial charge in [0.05, 0.1) is 51.2 Å². The lowest BCUT2D eigenvalue weighted by molar-refractivity contribution is -0.144. The predicted molar refractivity (Wildman–Crippen MR) is 425 cm³/mol. The molecular formula is C83H108ClN7O11S4. The largest absolute Gasteiger partial charge is 0.391 e. The lowest BCUT2D eigenvalue weighted by atomic mass is 9.69.